The Morgan fingerprint density at radius 1 is 1.62 bits per heavy atom. The van der Waals surface area contributed by atoms with E-state index in [0.29, 0.717) is 12.8 Å². The highest BCUT2D eigenvalue weighted by Crippen LogP contribution is 2.06. The maximum Gasteiger partial charge on any atom is 0.305 e. The van der Waals surface area contributed by atoms with E-state index < -0.39 is 12.2 Å². The highest BCUT2D eigenvalue weighted by atomic mass is 16.5. The SMILES string of the molecule is C=C[C@@H](O)[C@@H](O)CCCC(=O)OC. The molecule has 0 saturated carbocycles. The van der Waals surface area contributed by atoms with Gasteiger partial charge in [-0.05, 0) is 12.8 Å². The van der Waals surface area contributed by atoms with Gasteiger partial charge in [0.15, 0.2) is 0 Å². The fraction of sp³-hybridized carbons (Fsp3) is 0.667. The molecule has 2 N–H and O–H groups in total. The van der Waals surface area contributed by atoms with E-state index in [2.05, 4.69) is 11.3 Å². The van der Waals surface area contributed by atoms with Crippen molar-refractivity contribution in [1.82, 2.24) is 0 Å². The van der Waals surface area contributed by atoms with E-state index in [0.717, 1.165) is 0 Å². The van der Waals surface area contributed by atoms with E-state index in [9.17, 15) is 9.90 Å². The minimum Gasteiger partial charge on any atom is -0.469 e. The van der Waals surface area contributed by atoms with Gasteiger partial charge in [-0.1, -0.05) is 6.08 Å². The summed E-state index contributed by atoms with van der Waals surface area (Å²) in [5.41, 5.74) is 0. The highest BCUT2D eigenvalue weighted by Gasteiger charge is 2.12. The van der Waals surface area contributed by atoms with E-state index in [4.69, 9.17) is 5.11 Å². The van der Waals surface area contributed by atoms with Gasteiger partial charge in [0.25, 0.3) is 0 Å². The Morgan fingerprint density at radius 2 is 2.23 bits per heavy atom. The van der Waals surface area contributed by atoms with Gasteiger partial charge in [0.1, 0.15) is 0 Å². The molecule has 0 rings (SSSR count). The minimum absolute atomic E-state index is 0.261. The fourth-order valence-corrected chi connectivity index (χ4v) is 0.885. The molecule has 0 aromatic heterocycles. The maximum atomic E-state index is 10.6. The lowest BCUT2D eigenvalue weighted by molar-refractivity contribution is -0.140. The van der Waals surface area contributed by atoms with Crippen LogP contribution >= 0.6 is 0 Å². The van der Waals surface area contributed by atoms with Crippen molar-refractivity contribution in [3.05, 3.63) is 12.7 Å². The number of rotatable bonds is 6. The first-order valence-electron chi connectivity index (χ1n) is 4.17. The molecular formula is C9H16O4. The van der Waals surface area contributed by atoms with Crippen molar-refractivity contribution in [2.24, 2.45) is 0 Å². The summed E-state index contributed by atoms with van der Waals surface area (Å²) in [5, 5.41) is 18.3. The fourth-order valence-electron chi connectivity index (χ4n) is 0.885. The number of aliphatic hydroxyl groups excluding tert-OH is 2. The first-order valence-corrected chi connectivity index (χ1v) is 4.17. The van der Waals surface area contributed by atoms with Crippen LogP contribution in [0.3, 0.4) is 0 Å². The molecular weight excluding hydrogens is 172 g/mol. The number of esters is 1. The summed E-state index contributed by atoms with van der Waals surface area (Å²) in [4.78, 5) is 10.6. The molecule has 0 saturated heterocycles. The topological polar surface area (TPSA) is 66.8 Å². The second kappa shape index (κ2) is 6.62. The van der Waals surface area contributed by atoms with Crippen LogP contribution in [-0.2, 0) is 9.53 Å². The largest absolute Gasteiger partial charge is 0.469 e. The van der Waals surface area contributed by atoms with Crippen LogP contribution in [0.5, 0.6) is 0 Å². The summed E-state index contributed by atoms with van der Waals surface area (Å²) in [6.45, 7) is 3.34. The summed E-state index contributed by atoms with van der Waals surface area (Å²) in [6.07, 6.45) is 0.626. The summed E-state index contributed by atoms with van der Waals surface area (Å²) >= 11 is 0. The lowest BCUT2D eigenvalue weighted by Crippen LogP contribution is -2.23. The van der Waals surface area contributed by atoms with Gasteiger partial charge in [-0.15, -0.1) is 6.58 Å². The average Bonchev–Trinajstić information content (AvgIpc) is 2.15. The molecule has 0 spiro atoms. The first kappa shape index (κ1) is 12.1. The summed E-state index contributed by atoms with van der Waals surface area (Å²) < 4.78 is 4.42. The molecule has 0 aromatic carbocycles. The van der Waals surface area contributed by atoms with Gasteiger partial charge in [-0.25, -0.2) is 0 Å². The molecule has 0 radical (unpaired) electrons. The lowest BCUT2D eigenvalue weighted by Gasteiger charge is -2.13. The molecule has 0 bridgehead atoms. The van der Waals surface area contributed by atoms with Crippen molar-refractivity contribution in [2.75, 3.05) is 7.11 Å². The van der Waals surface area contributed by atoms with Crippen LogP contribution in [0.4, 0.5) is 0 Å². The zero-order valence-corrected chi connectivity index (χ0v) is 7.77. The van der Waals surface area contributed by atoms with Gasteiger partial charge < -0.3 is 14.9 Å². The quantitative estimate of drug-likeness (QED) is 0.463. The predicted molar refractivity (Wildman–Crippen MR) is 48.1 cm³/mol. The van der Waals surface area contributed by atoms with Crippen molar-refractivity contribution in [3.8, 4) is 0 Å². The van der Waals surface area contributed by atoms with Crippen LogP contribution in [0.2, 0.25) is 0 Å². The monoisotopic (exact) mass is 188 g/mol. The molecule has 0 aliphatic heterocycles. The number of hydrogen-bond donors (Lipinski definition) is 2. The maximum absolute atomic E-state index is 10.6. The summed E-state index contributed by atoms with van der Waals surface area (Å²) in [6, 6.07) is 0. The van der Waals surface area contributed by atoms with Crippen molar-refractivity contribution >= 4 is 5.97 Å². The molecule has 0 aliphatic carbocycles. The Morgan fingerprint density at radius 3 is 2.69 bits per heavy atom. The number of ether oxygens (including phenoxy) is 1. The van der Waals surface area contributed by atoms with Crippen LogP contribution in [0.15, 0.2) is 12.7 Å². The van der Waals surface area contributed by atoms with E-state index >= 15 is 0 Å². The molecule has 4 heteroatoms. The third-order valence-corrected chi connectivity index (χ3v) is 1.74. The van der Waals surface area contributed by atoms with Gasteiger partial charge in [0.2, 0.25) is 0 Å². The van der Waals surface area contributed by atoms with E-state index in [1.807, 2.05) is 0 Å². The second-order valence-electron chi connectivity index (χ2n) is 2.76. The molecule has 4 nitrogen and oxygen atoms in total. The number of hydrogen-bond acceptors (Lipinski definition) is 4. The number of aliphatic hydroxyl groups is 2. The predicted octanol–water partition coefficient (Wildman–Crippen LogP) is 0.237. The van der Waals surface area contributed by atoms with Gasteiger partial charge in [-0.2, -0.15) is 0 Å². The van der Waals surface area contributed by atoms with Crippen LogP contribution in [0, 0.1) is 0 Å². The Labute approximate surface area is 77.8 Å². The Balaban J connectivity index is 3.52. The van der Waals surface area contributed by atoms with Gasteiger partial charge in [0, 0.05) is 6.42 Å². The molecule has 0 unspecified atom stereocenters. The van der Waals surface area contributed by atoms with Crippen molar-refractivity contribution in [2.45, 2.75) is 31.5 Å². The number of carbonyl (C=O) groups is 1. The molecule has 0 aromatic rings. The Hall–Kier alpha value is -0.870. The van der Waals surface area contributed by atoms with Crippen LogP contribution in [-0.4, -0.2) is 35.5 Å². The van der Waals surface area contributed by atoms with Crippen molar-refractivity contribution < 1.29 is 19.7 Å². The standard InChI is InChI=1S/C9H16O4/c1-3-7(10)8(11)5-4-6-9(12)13-2/h3,7-8,10-11H,1,4-6H2,2H3/t7-,8+/m1/s1. The van der Waals surface area contributed by atoms with Crippen LogP contribution in [0.1, 0.15) is 19.3 Å². The first-order chi connectivity index (χ1) is 6.11. The molecule has 2 atom stereocenters. The van der Waals surface area contributed by atoms with Crippen molar-refractivity contribution in [1.29, 1.82) is 0 Å². The normalized spacial score (nSPS) is 14.7. The van der Waals surface area contributed by atoms with Crippen LogP contribution in [0.25, 0.3) is 0 Å². The average molecular weight is 188 g/mol. The molecule has 0 amide bonds. The zero-order chi connectivity index (χ0) is 10.3. The molecule has 0 aliphatic rings. The van der Waals surface area contributed by atoms with Gasteiger partial charge in [-0.3, -0.25) is 4.79 Å². The van der Waals surface area contributed by atoms with Crippen molar-refractivity contribution in [3.63, 3.8) is 0 Å². The van der Waals surface area contributed by atoms with Crippen LogP contribution < -0.4 is 0 Å². The third kappa shape index (κ3) is 5.38. The highest BCUT2D eigenvalue weighted by molar-refractivity contribution is 5.68. The molecule has 0 fully saturated rings. The number of methoxy groups -OCH3 is 1. The third-order valence-electron chi connectivity index (χ3n) is 1.74. The van der Waals surface area contributed by atoms with E-state index in [1.165, 1.54) is 13.2 Å². The Bertz CT molecular complexity index is 167. The van der Waals surface area contributed by atoms with Gasteiger partial charge in [0.05, 0.1) is 19.3 Å². The second-order valence-corrected chi connectivity index (χ2v) is 2.76. The lowest BCUT2D eigenvalue weighted by atomic mass is 10.1. The summed E-state index contributed by atoms with van der Waals surface area (Å²) in [5.74, 6) is -0.305. The Kier molecular flexibility index (Phi) is 6.18. The smallest absolute Gasteiger partial charge is 0.305 e. The van der Waals surface area contributed by atoms with E-state index in [-0.39, 0.29) is 12.4 Å². The minimum atomic E-state index is -0.919. The van der Waals surface area contributed by atoms with E-state index in [1.54, 1.807) is 0 Å². The molecule has 76 valence electrons. The summed E-state index contributed by atoms with van der Waals surface area (Å²) in [7, 11) is 1.32. The molecule has 0 heterocycles. The number of carbonyl (C=O) groups excluding carboxylic acids is 1. The van der Waals surface area contributed by atoms with Gasteiger partial charge >= 0.3 is 5.97 Å². The molecule has 13 heavy (non-hydrogen) atoms. The zero-order valence-electron chi connectivity index (χ0n) is 7.77.